The summed E-state index contributed by atoms with van der Waals surface area (Å²) in [5, 5.41) is 8.91. The Labute approximate surface area is 86.0 Å². The largest absolute Gasteiger partial charge is 0.394 e. The normalized spacial score (nSPS) is 12.2. The molecule has 0 rings (SSSR count). The van der Waals surface area contributed by atoms with E-state index in [0.717, 1.165) is 0 Å². The van der Waals surface area contributed by atoms with Crippen LogP contribution in [0.2, 0.25) is 0 Å². The lowest BCUT2D eigenvalue weighted by Crippen LogP contribution is -2.24. The summed E-state index contributed by atoms with van der Waals surface area (Å²) in [6, 6.07) is 0. The van der Waals surface area contributed by atoms with Crippen molar-refractivity contribution in [1.29, 1.82) is 0 Å². The van der Waals surface area contributed by atoms with Gasteiger partial charge in [0, 0.05) is 0 Å². The number of hydrogen-bond acceptors (Lipinski definition) is 3. The van der Waals surface area contributed by atoms with Crippen LogP contribution in [-0.2, 0) is 9.47 Å². The molecule has 0 heterocycles. The van der Waals surface area contributed by atoms with Crippen molar-refractivity contribution in [2.45, 2.75) is 20.0 Å². The fourth-order valence-corrected chi connectivity index (χ4v) is 0.783. The van der Waals surface area contributed by atoms with Crippen LogP contribution in [-0.4, -0.2) is 37.6 Å². The summed E-state index contributed by atoms with van der Waals surface area (Å²) in [4.78, 5) is 0. The lowest BCUT2D eigenvalue weighted by atomic mass is 10.3. The lowest BCUT2D eigenvalue weighted by molar-refractivity contribution is -0.0269. The molecule has 0 spiro atoms. The van der Waals surface area contributed by atoms with Gasteiger partial charge in [-0.05, 0) is 13.8 Å². The Kier molecular flexibility index (Phi) is 8.53. The third-order valence-electron chi connectivity index (χ3n) is 1.57. The van der Waals surface area contributed by atoms with E-state index in [1.165, 1.54) is 5.57 Å². The molecule has 0 aromatic heterocycles. The Balaban J connectivity index is 3.51. The van der Waals surface area contributed by atoms with Gasteiger partial charge >= 0.3 is 0 Å². The van der Waals surface area contributed by atoms with Gasteiger partial charge in [0.2, 0.25) is 0 Å². The molecule has 0 aromatic rings. The molecular weight excluding hydrogens is 180 g/mol. The zero-order chi connectivity index (χ0) is 10.8. The molecule has 3 heteroatoms. The van der Waals surface area contributed by atoms with Crippen molar-refractivity contribution in [3.8, 4) is 0 Å². The molecule has 0 aromatic carbocycles. The summed E-state index contributed by atoms with van der Waals surface area (Å²) in [7, 11) is 0. The first-order chi connectivity index (χ1) is 6.70. The van der Waals surface area contributed by atoms with Gasteiger partial charge in [-0.3, -0.25) is 0 Å². The zero-order valence-corrected chi connectivity index (χ0v) is 9.03. The molecule has 0 aliphatic rings. The summed E-state index contributed by atoms with van der Waals surface area (Å²) >= 11 is 0. The van der Waals surface area contributed by atoms with Crippen LogP contribution in [0.3, 0.4) is 0 Å². The first kappa shape index (κ1) is 13.4. The quantitative estimate of drug-likeness (QED) is 0.477. The van der Waals surface area contributed by atoms with Crippen LogP contribution < -0.4 is 0 Å². The van der Waals surface area contributed by atoms with Crippen LogP contribution in [0.4, 0.5) is 0 Å². The third kappa shape index (κ3) is 7.98. The van der Waals surface area contributed by atoms with Crippen LogP contribution in [0.25, 0.3) is 0 Å². The average molecular weight is 200 g/mol. The van der Waals surface area contributed by atoms with Crippen molar-refractivity contribution in [2.24, 2.45) is 0 Å². The molecule has 0 aliphatic carbocycles. The fourth-order valence-electron chi connectivity index (χ4n) is 0.783. The Morgan fingerprint density at radius 2 is 2.14 bits per heavy atom. The summed E-state index contributed by atoms with van der Waals surface area (Å²) in [6.07, 6.45) is 3.39. The first-order valence-electron chi connectivity index (χ1n) is 4.75. The van der Waals surface area contributed by atoms with E-state index in [2.05, 4.69) is 6.58 Å². The molecule has 82 valence electrons. The van der Waals surface area contributed by atoms with Crippen molar-refractivity contribution in [3.63, 3.8) is 0 Å². The van der Waals surface area contributed by atoms with Gasteiger partial charge in [0.25, 0.3) is 0 Å². The zero-order valence-electron chi connectivity index (χ0n) is 9.03. The van der Waals surface area contributed by atoms with E-state index in [0.29, 0.717) is 19.8 Å². The van der Waals surface area contributed by atoms with Gasteiger partial charge in [-0.25, -0.2) is 0 Å². The van der Waals surface area contributed by atoms with E-state index in [4.69, 9.17) is 14.6 Å². The number of aliphatic hydroxyl groups excluding tert-OH is 1. The molecule has 0 amide bonds. The number of rotatable bonds is 8. The fraction of sp³-hybridized carbons (Fsp3) is 0.636. The number of ether oxygens (including phenoxy) is 2. The van der Waals surface area contributed by atoms with Crippen molar-refractivity contribution in [2.75, 3.05) is 26.4 Å². The van der Waals surface area contributed by atoms with Crippen molar-refractivity contribution in [1.82, 2.24) is 0 Å². The Morgan fingerprint density at radius 1 is 1.43 bits per heavy atom. The van der Waals surface area contributed by atoms with Crippen LogP contribution in [0.5, 0.6) is 0 Å². The van der Waals surface area contributed by atoms with E-state index in [9.17, 15) is 0 Å². The molecule has 0 aliphatic heterocycles. The minimum atomic E-state index is -0.251. The van der Waals surface area contributed by atoms with Gasteiger partial charge in [0.05, 0.1) is 26.4 Å². The highest BCUT2D eigenvalue weighted by Gasteiger charge is 2.05. The number of allylic oxidation sites excluding steroid dienone is 1. The molecule has 0 saturated heterocycles. The van der Waals surface area contributed by atoms with E-state index < -0.39 is 0 Å². The predicted octanol–water partition coefficient (Wildman–Crippen LogP) is 1.53. The van der Waals surface area contributed by atoms with E-state index in [1.807, 2.05) is 19.9 Å². The van der Waals surface area contributed by atoms with Crippen LogP contribution in [0.1, 0.15) is 13.8 Å². The van der Waals surface area contributed by atoms with Crippen LogP contribution in [0, 0.1) is 0 Å². The molecule has 14 heavy (non-hydrogen) atoms. The van der Waals surface area contributed by atoms with Crippen LogP contribution in [0.15, 0.2) is 24.3 Å². The minimum Gasteiger partial charge on any atom is -0.394 e. The maximum atomic E-state index is 8.91. The van der Waals surface area contributed by atoms with Gasteiger partial charge in [-0.1, -0.05) is 17.7 Å². The highest BCUT2D eigenvalue weighted by molar-refractivity contribution is 4.92. The molecule has 0 saturated carbocycles. The smallest absolute Gasteiger partial charge is 0.104 e. The van der Waals surface area contributed by atoms with Crippen molar-refractivity contribution >= 4 is 0 Å². The molecule has 1 N–H and O–H groups in total. The van der Waals surface area contributed by atoms with Gasteiger partial charge in [-0.2, -0.15) is 0 Å². The Morgan fingerprint density at radius 3 is 2.64 bits per heavy atom. The maximum Gasteiger partial charge on any atom is 0.104 e. The monoisotopic (exact) mass is 200 g/mol. The van der Waals surface area contributed by atoms with Crippen molar-refractivity contribution in [3.05, 3.63) is 24.3 Å². The van der Waals surface area contributed by atoms with E-state index >= 15 is 0 Å². The van der Waals surface area contributed by atoms with E-state index in [1.54, 1.807) is 6.08 Å². The first-order valence-corrected chi connectivity index (χ1v) is 4.75. The molecule has 0 radical (unpaired) electrons. The average Bonchev–Trinajstić information content (AvgIpc) is 2.16. The summed E-state index contributed by atoms with van der Waals surface area (Å²) < 4.78 is 10.5. The van der Waals surface area contributed by atoms with Gasteiger partial charge in [0.1, 0.15) is 6.10 Å². The SMILES string of the molecule is C=CCOC(CO)COCC=C(C)C. The molecule has 0 fully saturated rings. The third-order valence-corrected chi connectivity index (χ3v) is 1.57. The summed E-state index contributed by atoms with van der Waals surface area (Å²) in [5.74, 6) is 0. The second-order valence-corrected chi connectivity index (χ2v) is 3.25. The molecule has 1 unspecified atom stereocenters. The number of aliphatic hydroxyl groups is 1. The maximum absolute atomic E-state index is 8.91. The summed E-state index contributed by atoms with van der Waals surface area (Å²) in [6.45, 7) is 8.95. The highest BCUT2D eigenvalue weighted by Crippen LogP contribution is 1.94. The Hall–Kier alpha value is -0.640. The standard InChI is InChI=1S/C11H20O3/c1-4-6-14-11(8-12)9-13-7-5-10(2)3/h4-5,11-12H,1,6-9H2,2-3H3. The van der Waals surface area contributed by atoms with Crippen molar-refractivity contribution < 1.29 is 14.6 Å². The highest BCUT2D eigenvalue weighted by atomic mass is 16.5. The topological polar surface area (TPSA) is 38.7 Å². The number of hydrogen-bond donors (Lipinski definition) is 1. The van der Waals surface area contributed by atoms with Gasteiger partial charge in [-0.15, -0.1) is 6.58 Å². The minimum absolute atomic E-state index is 0.0251. The molecule has 3 nitrogen and oxygen atoms in total. The van der Waals surface area contributed by atoms with Crippen LogP contribution >= 0.6 is 0 Å². The summed E-state index contributed by atoms with van der Waals surface area (Å²) in [5.41, 5.74) is 1.22. The van der Waals surface area contributed by atoms with E-state index in [-0.39, 0.29) is 12.7 Å². The van der Waals surface area contributed by atoms with Gasteiger partial charge < -0.3 is 14.6 Å². The predicted molar refractivity (Wildman–Crippen MR) is 57.3 cm³/mol. The lowest BCUT2D eigenvalue weighted by Gasteiger charge is -2.13. The molecule has 0 bridgehead atoms. The van der Waals surface area contributed by atoms with Gasteiger partial charge in [0.15, 0.2) is 0 Å². The molecular formula is C11H20O3. The second-order valence-electron chi connectivity index (χ2n) is 3.25. The Bertz CT molecular complexity index is 171. The molecule has 1 atom stereocenters. The second kappa shape index (κ2) is 8.94.